The van der Waals surface area contributed by atoms with E-state index in [0.29, 0.717) is 17.7 Å². The molecule has 0 fully saturated rings. The fourth-order valence-electron chi connectivity index (χ4n) is 2.95. The molecule has 2 unspecified atom stereocenters. The summed E-state index contributed by atoms with van der Waals surface area (Å²) in [6, 6.07) is 10.4. The number of aliphatic hydroxyl groups is 1. The van der Waals surface area contributed by atoms with Crippen molar-refractivity contribution in [2.45, 2.75) is 88.5 Å². The van der Waals surface area contributed by atoms with Gasteiger partial charge in [-0.05, 0) is 0 Å². The molecule has 0 aliphatic heterocycles. The summed E-state index contributed by atoms with van der Waals surface area (Å²) in [4.78, 5) is 11.0. The van der Waals surface area contributed by atoms with Gasteiger partial charge in [-0.15, -0.1) is 0 Å². The van der Waals surface area contributed by atoms with E-state index in [1.165, 1.54) is 49.4 Å². The number of carboxylic acid groups (broad SMARTS) is 1. The summed E-state index contributed by atoms with van der Waals surface area (Å²) in [6.45, 7) is 2.24. The third-order valence-electron chi connectivity index (χ3n) is 4.44. The average molecular weight is 413 g/mol. The predicted molar refractivity (Wildman–Crippen MR) is 106 cm³/mol. The number of carbonyl (C=O) groups is 1. The summed E-state index contributed by atoms with van der Waals surface area (Å²) in [5, 5.41) is 19.4. The van der Waals surface area contributed by atoms with Crippen LogP contribution in [0.5, 0.6) is 0 Å². The molecule has 2 N–H and O–H groups in total. The number of rotatable bonds is 15. The van der Waals surface area contributed by atoms with Gasteiger partial charge in [0.15, 0.2) is 0 Å². The van der Waals surface area contributed by atoms with Crippen molar-refractivity contribution in [2.24, 2.45) is 0 Å². The molecular weight excluding hydrogens is 379 g/mol. The molecule has 0 aliphatic carbocycles. The summed E-state index contributed by atoms with van der Waals surface area (Å²) in [5.41, 5.74) is 0. The van der Waals surface area contributed by atoms with Crippen LogP contribution in [0.15, 0.2) is 30.3 Å². The van der Waals surface area contributed by atoms with Crippen molar-refractivity contribution >= 4 is 25.4 Å². The van der Waals surface area contributed by atoms with E-state index in [9.17, 15) is 9.90 Å². The van der Waals surface area contributed by atoms with E-state index >= 15 is 0 Å². The van der Waals surface area contributed by atoms with Crippen molar-refractivity contribution in [1.29, 1.82) is 0 Å². The number of hydrogen-bond donors (Lipinski definition) is 2. The van der Waals surface area contributed by atoms with Crippen LogP contribution in [0.1, 0.15) is 77.6 Å². The molecule has 142 valence electrons. The molecule has 0 amide bonds. The minimum atomic E-state index is -0.774. The quantitative estimate of drug-likeness (QED) is 0.327. The summed E-state index contributed by atoms with van der Waals surface area (Å²) in [7, 11) is 0. The van der Waals surface area contributed by atoms with Gasteiger partial charge in [0.25, 0.3) is 0 Å². The third kappa shape index (κ3) is 11.4. The molecule has 0 aromatic heterocycles. The van der Waals surface area contributed by atoms with Crippen LogP contribution in [0, 0.1) is 0 Å². The van der Waals surface area contributed by atoms with E-state index in [1.54, 1.807) is 0 Å². The maximum atomic E-state index is 10.7. The Labute approximate surface area is 159 Å². The Hall–Kier alpha value is -0.831. The van der Waals surface area contributed by atoms with E-state index in [0.717, 1.165) is 6.42 Å². The topological polar surface area (TPSA) is 57.5 Å². The maximum absolute atomic E-state index is 10.7. The number of benzene rings is 1. The molecule has 0 heterocycles. The van der Waals surface area contributed by atoms with Crippen molar-refractivity contribution in [1.82, 2.24) is 0 Å². The Morgan fingerprint density at radius 1 is 0.960 bits per heavy atom. The van der Waals surface area contributed by atoms with Crippen molar-refractivity contribution in [3.63, 3.8) is 0 Å². The van der Waals surface area contributed by atoms with Crippen LogP contribution in [0.25, 0.3) is 0 Å². The van der Waals surface area contributed by atoms with Crippen LogP contribution < -0.4 is 4.46 Å². The van der Waals surface area contributed by atoms with Crippen LogP contribution in [0.4, 0.5) is 0 Å². The van der Waals surface area contributed by atoms with Gasteiger partial charge in [-0.1, -0.05) is 0 Å². The zero-order valence-corrected chi connectivity index (χ0v) is 17.2. The summed E-state index contributed by atoms with van der Waals surface area (Å²) in [5.74, 6) is -0.774. The number of hydrogen-bond acceptors (Lipinski definition) is 2. The first-order valence-corrected chi connectivity index (χ1v) is 11.6. The standard InChI is InChI=1S/C21H34O3Se/c1-2-3-4-5-6-7-11-16-20(19(22)15-12-17-21(23)24)25-18-13-9-8-10-14-18/h8-10,13-14,19-20,22H,2-7,11-12,15-17H2,1H3,(H,23,24). The first-order valence-electron chi connectivity index (χ1n) is 9.75. The van der Waals surface area contributed by atoms with Gasteiger partial charge in [0, 0.05) is 0 Å². The molecular formula is C21H34O3Se. The minimum absolute atomic E-state index is 0.152. The van der Waals surface area contributed by atoms with Gasteiger partial charge in [0.1, 0.15) is 0 Å². The van der Waals surface area contributed by atoms with Crippen molar-refractivity contribution in [3.8, 4) is 0 Å². The van der Waals surface area contributed by atoms with Gasteiger partial charge >= 0.3 is 159 Å². The van der Waals surface area contributed by atoms with Gasteiger partial charge in [-0.3, -0.25) is 0 Å². The molecule has 0 spiro atoms. The Morgan fingerprint density at radius 2 is 1.60 bits per heavy atom. The van der Waals surface area contributed by atoms with Crippen molar-refractivity contribution < 1.29 is 15.0 Å². The zero-order chi connectivity index (χ0) is 18.3. The molecule has 4 heteroatoms. The van der Waals surface area contributed by atoms with E-state index < -0.39 is 5.97 Å². The Bertz CT molecular complexity index is 450. The fourth-order valence-corrected chi connectivity index (χ4v) is 5.56. The van der Waals surface area contributed by atoms with Crippen LogP contribution in [-0.4, -0.2) is 37.2 Å². The first kappa shape index (κ1) is 22.2. The van der Waals surface area contributed by atoms with Crippen molar-refractivity contribution in [3.05, 3.63) is 30.3 Å². The van der Waals surface area contributed by atoms with Gasteiger partial charge in [-0.2, -0.15) is 0 Å². The van der Waals surface area contributed by atoms with Crippen LogP contribution in [0.2, 0.25) is 4.82 Å². The molecule has 1 aromatic rings. The second-order valence-corrected chi connectivity index (χ2v) is 9.49. The van der Waals surface area contributed by atoms with Gasteiger partial charge in [0.2, 0.25) is 0 Å². The van der Waals surface area contributed by atoms with Gasteiger partial charge < -0.3 is 0 Å². The van der Waals surface area contributed by atoms with E-state index in [-0.39, 0.29) is 27.5 Å². The number of unbranched alkanes of at least 4 members (excludes halogenated alkanes) is 6. The zero-order valence-electron chi connectivity index (χ0n) is 15.5. The van der Waals surface area contributed by atoms with Crippen LogP contribution in [-0.2, 0) is 4.79 Å². The molecule has 2 atom stereocenters. The first-order chi connectivity index (χ1) is 12.1. The second-order valence-electron chi connectivity index (χ2n) is 6.73. The summed E-state index contributed by atoms with van der Waals surface area (Å²) < 4.78 is 1.32. The van der Waals surface area contributed by atoms with Crippen molar-refractivity contribution in [2.75, 3.05) is 0 Å². The van der Waals surface area contributed by atoms with Crippen LogP contribution >= 0.6 is 0 Å². The fraction of sp³-hybridized carbons (Fsp3) is 0.667. The Morgan fingerprint density at radius 3 is 2.24 bits per heavy atom. The average Bonchev–Trinajstić information content (AvgIpc) is 2.60. The monoisotopic (exact) mass is 414 g/mol. The predicted octanol–water partition coefficient (Wildman–Crippen LogP) is 4.56. The SMILES string of the molecule is CCCCCCCCCC([Se]c1ccccc1)C(O)CCCC(=O)O. The normalized spacial score (nSPS) is 13.5. The number of aliphatic hydroxyl groups excluding tert-OH is 1. The summed E-state index contributed by atoms with van der Waals surface area (Å²) in [6.07, 6.45) is 11.0. The Balaban J connectivity index is 2.40. The third-order valence-corrected chi connectivity index (χ3v) is 7.37. The van der Waals surface area contributed by atoms with Gasteiger partial charge in [-0.25, -0.2) is 0 Å². The molecule has 0 radical (unpaired) electrons. The molecule has 3 nitrogen and oxygen atoms in total. The summed E-state index contributed by atoms with van der Waals surface area (Å²) >= 11 is 0.242. The molecule has 0 saturated carbocycles. The van der Waals surface area contributed by atoms with Gasteiger partial charge in [0.05, 0.1) is 0 Å². The molecule has 0 aliphatic rings. The molecule has 0 bridgehead atoms. The van der Waals surface area contributed by atoms with E-state index in [4.69, 9.17) is 5.11 Å². The number of aliphatic carboxylic acids is 1. The molecule has 1 aromatic carbocycles. The van der Waals surface area contributed by atoms with E-state index in [1.807, 2.05) is 6.07 Å². The number of carboxylic acids is 1. The van der Waals surface area contributed by atoms with Crippen LogP contribution in [0.3, 0.4) is 0 Å². The molecule has 1 rings (SSSR count). The Kier molecular flexibility index (Phi) is 12.7. The molecule has 0 saturated heterocycles. The van der Waals surface area contributed by atoms with E-state index in [2.05, 4.69) is 31.2 Å². The molecule has 25 heavy (non-hydrogen) atoms. The second kappa shape index (κ2) is 14.4.